The Bertz CT molecular complexity index is 915. The van der Waals surface area contributed by atoms with Crippen molar-refractivity contribution in [1.29, 1.82) is 0 Å². The van der Waals surface area contributed by atoms with E-state index in [1.807, 2.05) is 26.7 Å². The number of hydrogen-bond donors (Lipinski definition) is 0. The van der Waals surface area contributed by atoms with Crippen molar-refractivity contribution in [3.05, 3.63) is 29.0 Å². The lowest BCUT2D eigenvalue weighted by Gasteiger charge is -2.38. The molecule has 0 radical (unpaired) electrons. The average Bonchev–Trinajstić information content (AvgIpc) is 2.97. The van der Waals surface area contributed by atoms with Crippen LogP contribution in [0, 0.1) is 17.8 Å². The lowest BCUT2D eigenvalue weighted by atomic mass is 9.84. The molecule has 1 atom stereocenters. The Balaban J connectivity index is 2.60. The van der Waals surface area contributed by atoms with Crippen LogP contribution in [0.5, 0.6) is 5.75 Å². The van der Waals surface area contributed by atoms with Gasteiger partial charge in [0.1, 0.15) is 11.8 Å². The number of halogens is 4. The van der Waals surface area contributed by atoms with E-state index < -0.39 is 29.5 Å². The number of aryl methyl sites for hydroxylation is 1. The van der Waals surface area contributed by atoms with Gasteiger partial charge in [0.25, 0.3) is 0 Å². The summed E-state index contributed by atoms with van der Waals surface area (Å²) in [7, 11) is 1.60. The van der Waals surface area contributed by atoms with Crippen LogP contribution in [0.3, 0.4) is 0 Å². The molecule has 0 N–H and O–H groups in total. The number of rotatable bonds is 4. The maximum atomic E-state index is 12.6. The van der Waals surface area contributed by atoms with Crippen molar-refractivity contribution in [3.8, 4) is 18.1 Å². The summed E-state index contributed by atoms with van der Waals surface area (Å²) in [6.45, 7) is 5.52. The fraction of sp³-hybridized carbons (Fsp3) is 0.412. The van der Waals surface area contributed by atoms with Crippen LogP contribution >= 0.6 is 11.6 Å². The van der Waals surface area contributed by atoms with Gasteiger partial charge in [0, 0.05) is 12.7 Å². The van der Waals surface area contributed by atoms with Crippen LogP contribution in [0.15, 0.2) is 18.2 Å². The Morgan fingerprint density at radius 1 is 1.36 bits per heavy atom. The molecule has 0 aliphatic heterocycles. The van der Waals surface area contributed by atoms with E-state index in [4.69, 9.17) is 18.0 Å². The number of nitrogens with zero attached hydrogens (tertiary/aromatic N) is 5. The van der Waals surface area contributed by atoms with Crippen molar-refractivity contribution in [3.63, 3.8) is 0 Å². The summed E-state index contributed by atoms with van der Waals surface area (Å²) in [5.41, 5.74) is -0.423. The van der Waals surface area contributed by atoms with Gasteiger partial charge < -0.3 is 4.74 Å². The second kappa shape index (κ2) is 7.67. The van der Waals surface area contributed by atoms with Gasteiger partial charge in [-0.2, -0.15) is 0 Å². The number of alkyl halides is 3. The molecule has 0 saturated carbocycles. The van der Waals surface area contributed by atoms with Gasteiger partial charge >= 0.3 is 12.3 Å². The molecule has 1 aromatic carbocycles. The van der Waals surface area contributed by atoms with Crippen LogP contribution in [0.25, 0.3) is 0 Å². The van der Waals surface area contributed by atoms with Crippen LogP contribution in [-0.2, 0) is 11.8 Å². The molecule has 2 rings (SSSR count). The van der Waals surface area contributed by atoms with Gasteiger partial charge in [0.15, 0.2) is 5.82 Å². The molecule has 150 valence electrons. The molecule has 0 spiro atoms. The van der Waals surface area contributed by atoms with Gasteiger partial charge in [0.05, 0.1) is 5.02 Å². The third kappa shape index (κ3) is 4.72. The van der Waals surface area contributed by atoms with Crippen LogP contribution in [0.2, 0.25) is 5.02 Å². The number of ether oxygens (including phenoxy) is 1. The Kier molecular flexibility index (Phi) is 5.89. The molecule has 0 aliphatic rings. The molecule has 0 aliphatic carbocycles. The van der Waals surface area contributed by atoms with E-state index >= 15 is 0 Å². The zero-order valence-electron chi connectivity index (χ0n) is 15.5. The number of carbonyl (C=O) groups is 1. The molecule has 11 heteroatoms. The summed E-state index contributed by atoms with van der Waals surface area (Å²) in [5, 5.41) is 11.0. The van der Waals surface area contributed by atoms with Crippen LogP contribution < -0.4 is 9.64 Å². The topological polar surface area (TPSA) is 73.1 Å². The van der Waals surface area contributed by atoms with Gasteiger partial charge in [-0.1, -0.05) is 32.4 Å². The monoisotopic (exact) mass is 415 g/mol. The molecule has 0 bridgehead atoms. The summed E-state index contributed by atoms with van der Waals surface area (Å²) in [4.78, 5) is 13.8. The van der Waals surface area contributed by atoms with Gasteiger partial charge in [0.2, 0.25) is 0 Å². The highest BCUT2D eigenvalue weighted by Crippen LogP contribution is 2.41. The van der Waals surface area contributed by atoms with Gasteiger partial charge in [-0.05, 0) is 40.0 Å². The Hall–Kier alpha value is -2.80. The highest BCUT2D eigenvalue weighted by Gasteiger charge is 2.39. The predicted octanol–water partition coefficient (Wildman–Crippen LogP) is 3.52. The smallest absolute Gasteiger partial charge is 0.404 e. The van der Waals surface area contributed by atoms with Gasteiger partial charge in [-0.25, -0.2) is 4.68 Å². The molecule has 7 nitrogen and oxygen atoms in total. The molecule has 1 heterocycles. The number of hydrogen-bond acceptors (Lipinski definition) is 5. The summed E-state index contributed by atoms with van der Waals surface area (Å²) >= 11 is 5.94. The van der Waals surface area contributed by atoms with Crippen molar-refractivity contribution in [2.24, 2.45) is 12.5 Å². The lowest BCUT2D eigenvalue weighted by Crippen LogP contribution is -2.42. The summed E-state index contributed by atoms with van der Waals surface area (Å²) < 4.78 is 42.7. The first-order valence-electron chi connectivity index (χ1n) is 7.92. The summed E-state index contributed by atoms with van der Waals surface area (Å²) in [5.74, 6) is 1.03. The number of amides is 1. The van der Waals surface area contributed by atoms with Gasteiger partial charge in [-0.15, -0.1) is 24.7 Å². The van der Waals surface area contributed by atoms with Crippen LogP contribution in [0.1, 0.15) is 32.6 Å². The van der Waals surface area contributed by atoms with Crippen molar-refractivity contribution >= 4 is 23.2 Å². The molecule has 1 amide bonds. The zero-order valence-corrected chi connectivity index (χ0v) is 16.2. The maximum absolute atomic E-state index is 12.6. The molecule has 28 heavy (non-hydrogen) atoms. The fourth-order valence-corrected chi connectivity index (χ4v) is 2.87. The van der Waals surface area contributed by atoms with Crippen LogP contribution in [0.4, 0.5) is 18.9 Å². The third-order valence-corrected chi connectivity index (χ3v) is 4.03. The lowest BCUT2D eigenvalue weighted by molar-refractivity contribution is -0.274. The predicted molar refractivity (Wildman–Crippen MR) is 95.4 cm³/mol. The minimum atomic E-state index is -4.91. The van der Waals surface area contributed by atoms with E-state index in [-0.39, 0.29) is 10.7 Å². The Labute approximate surface area is 164 Å². The van der Waals surface area contributed by atoms with E-state index in [0.717, 1.165) is 6.07 Å². The van der Waals surface area contributed by atoms with Crippen molar-refractivity contribution < 1.29 is 22.7 Å². The number of benzene rings is 1. The van der Waals surface area contributed by atoms with Crippen molar-refractivity contribution in [2.75, 3.05) is 4.90 Å². The largest absolute Gasteiger partial charge is 0.573 e. The first-order valence-corrected chi connectivity index (χ1v) is 8.30. The Morgan fingerprint density at radius 3 is 2.43 bits per heavy atom. The fourth-order valence-electron chi connectivity index (χ4n) is 2.66. The third-order valence-electron chi connectivity index (χ3n) is 3.74. The van der Waals surface area contributed by atoms with E-state index in [9.17, 15) is 18.0 Å². The normalized spacial score (nSPS) is 13.0. The minimum Gasteiger partial charge on any atom is -0.404 e. The maximum Gasteiger partial charge on any atom is 0.573 e. The molecule has 2 aromatic rings. The molecular formula is C17H17ClF3N5O2. The van der Waals surface area contributed by atoms with Crippen molar-refractivity contribution in [1.82, 2.24) is 20.2 Å². The first-order chi connectivity index (χ1) is 12.8. The average molecular weight is 416 g/mol. The van der Waals surface area contributed by atoms with E-state index in [1.165, 1.54) is 21.7 Å². The quantitative estimate of drug-likeness (QED) is 0.714. The highest BCUT2D eigenvalue weighted by molar-refractivity contribution is 6.32. The molecule has 0 fully saturated rings. The number of aromatic nitrogens is 4. The van der Waals surface area contributed by atoms with Gasteiger partial charge in [-0.3, -0.25) is 9.69 Å². The molecule has 1 aromatic heterocycles. The summed E-state index contributed by atoms with van der Waals surface area (Å²) in [6, 6.07) is 2.70. The number of carbonyl (C=O) groups excluding carboxylic acids is 1. The second-order valence-corrected chi connectivity index (χ2v) is 7.32. The summed E-state index contributed by atoms with van der Waals surface area (Å²) in [6.07, 6.45) is 0.423. The van der Waals surface area contributed by atoms with E-state index in [1.54, 1.807) is 7.05 Å². The van der Waals surface area contributed by atoms with E-state index in [0.29, 0.717) is 5.82 Å². The zero-order chi connectivity index (χ0) is 21.3. The number of anilines is 1. The Morgan fingerprint density at radius 2 is 2.00 bits per heavy atom. The number of terminal acetylenes is 1. The van der Waals surface area contributed by atoms with Crippen molar-refractivity contribution in [2.45, 2.75) is 33.2 Å². The van der Waals surface area contributed by atoms with Crippen LogP contribution in [-0.4, -0.2) is 32.5 Å². The second-order valence-electron chi connectivity index (χ2n) is 6.91. The SMILES string of the molecule is C#CC(=O)N(c1ccc(OC(F)(F)F)c(Cl)c1)C(c1nnnn1C)C(C)(C)C. The first kappa shape index (κ1) is 21.5. The molecule has 0 saturated heterocycles. The highest BCUT2D eigenvalue weighted by atomic mass is 35.5. The molecule has 1 unspecified atom stereocenters. The number of tetrazole rings is 1. The standard InChI is InChI=1S/C17H17ClF3N5O2/c1-6-13(27)26(14(16(2,3)4)15-22-23-24-25(15)5)10-7-8-12(11(18)9-10)28-17(19,20)21/h1,7-9,14H,2-5H3. The molecular weight excluding hydrogens is 399 g/mol. The van der Waals surface area contributed by atoms with E-state index in [2.05, 4.69) is 20.3 Å². The minimum absolute atomic E-state index is 0.172.